The van der Waals surface area contributed by atoms with Gasteiger partial charge in [0.2, 0.25) is 0 Å². The zero-order chi connectivity index (χ0) is 23.5. The minimum Gasteiger partial charge on any atom is -0.376 e. The first kappa shape index (κ1) is 29.9. The zero-order valence-corrected chi connectivity index (χ0v) is 24.7. The van der Waals surface area contributed by atoms with Gasteiger partial charge in [0.1, 0.15) is 0 Å². The zero-order valence-electron chi connectivity index (χ0n) is 18.3. The second kappa shape index (κ2) is 19.8. The maximum Gasteiger partial charge on any atom is 0.388 e. The Morgan fingerprint density at radius 2 is 0.970 bits per heavy atom. The maximum absolute atomic E-state index is 12.3. The molecule has 184 valence electrons. The van der Waals surface area contributed by atoms with E-state index in [0.717, 1.165) is 23.0 Å². The van der Waals surface area contributed by atoms with Gasteiger partial charge in [0, 0.05) is 23.0 Å². The summed E-state index contributed by atoms with van der Waals surface area (Å²) in [4.78, 5) is 0. The third-order valence-corrected chi connectivity index (χ3v) is 11.2. The molecule has 0 aliphatic rings. The molecule has 0 atom stereocenters. The lowest BCUT2D eigenvalue weighted by Crippen LogP contribution is -1.99. The van der Waals surface area contributed by atoms with E-state index < -0.39 is 5.24 Å². The highest BCUT2D eigenvalue weighted by Crippen LogP contribution is 2.56. The lowest BCUT2D eigenvalue weighted by atomic mass is 10.2. The topological polar surface area (TPSA) is 54.0 Å². The van der Waals surface area contributed by atoms with Crippen molar-refractivity contribution in [2.24, 2.45) is 0 Å². The van der Waals surface area contributed by atoms with Gasteiger partial charge < -0.3 is 18.5 Å². The first-order valence-electron chi connectivity index (χ1n) is 10.5. The summed E-state index contributed by atoms with van der Waals surface area (Å²) in [6.45, 7) is 3.51. The van der Waals surface area contributed by atoms with E-state index in [0.29, 0.717) is 39.6 Å². The van der Waals surface area contributed by atoms with E-state index in [1.165, 1.54) is 11.1 Å². The summed E-state index contributed by atoms with van der Waals surface area (Å²) in [5.41, 5.74) is 2.37. The summed E-state index contributed by atoms with van der Waals surface area (Å²) in [6, 6.07) is 20.3. The van der Waals surface area contributed by atoms with Gasteiger partial charge in [0.05, 0.1) is 61.7 Å². The largest absolute Gasteiger partial charge is 0.388 e. The SMILES string of the molecule is O=P(I)(OCCSSCCOCc1ccccc1)OCCSSCCOCc1ccccc1. The van der Waals surface area contributed by atoms with Crippen LogP contribution >= 0.6 is 70.5 Å². The Hall–Kier alpha value is 0.640. The van der Waals surface area contributed by atoms with Crippen LogP contribution in [0.3, 0.4) is 0 Å². The molecule has 0 amide bonds. The van der Waals surface area contributed by atoms with Crippen molar-refractivity contribution in [1.82, 2.24) is 0 Å². The van der Waals surface area contributed by atoms with Gasteiger partial charge in [-0.15, -0.1) is 0 Å². The van der Waals surface area contributed by atoms with Gasteiger partial charge in [-0.2, -0.15) is 0 Å². The molecule has 0 aliphatic heterocycles. The van der Waals surface area contributed by atoms with Crippen molar-refractivity contribution in [3.63, 3.8) is 0 Å². The molecule has 2 aromatic carbocycles. The van der Waals surface area contributed by atoms with Crippen molar-refractivity contribution < 1.29 is 23.1 Å². The first-order valence-corrected chi connectivity index (χ1v) is 19.8. The number of hydrogen-bond acceptors (Lipinski definition) is 9. The average molecular weight is 661 g/mol. The molecule has 5 nitrogen and oxygen atoms in total. The van der Waals surface area contributed by atoms with Crippen molar-refractivity contribution in [2.75, 3.05) is 49.4 Å². The van der Waals surface area contributed by atoms with Gasteiger partial charge in [-0.25, -0.2) is 4.57 Å². The Morgan fingerprint density at radius 3 is 1.36 bits per heavy atom. The van der Waals surface area contributed by atoms with Crippen LogP contribution in [0.2, 0.25) is 0 Å². The van der Waals surface area contributed by atoms with Crippen molar-refractivity contribution in [3.8, 4) is 0 Å². The van der Waals surface area contributed by atoms with E-state index in [2.05, 4.69) is 24.3 Å². The molecule has 0 saturated heterocycles. The van der Waals surface area contributed by atoms with Crippen molar-refractivity contribution in [3.05, 3.63) is 71.8 Å². The molecule has 0 heterocycles. The van der Waals surface area contributed by atoms with Crippen molar-refractivity contribution >= 4 is 70.5 Å². The normalized spacial score (nSPS) is 11.7. The highest BCUT2D eigenvalue weighted by Gasteiger charge is 2.19. The number of rotatable bonds is 20. The van der Waals surface area contributed by atoms with Gasteiger partial charge in [-0.3, -0.25) is 0 Å². The predicted octanol–water partition coefficient (Wildman–Crippen LogP) is 7.76. The molecule has 0 N–H and O–H groups in total. The van der Waals surface area contributed by atoms with E-state index in [1.54, 1.807) is 65.2 Å². The quantitative estimate of drug-likeness (QED) is 0.0614. The molecule has 11 heteroatoms. The number of hydrogen-bond donors (Lipinski definition) is 0. The fourth-order valence-corrected chi connectivity index (χ4v) is 7.85. The van der Waals surface area contributed by atoms with E-state index in [4.69, 9.17) is 18.5 Å². The molecular weight excluding hydrogens is 630 g/mol. The Bertz CT molecular complexity index is 714. The Kier molecular flexibility index (Phi) is 17.9. The molecule has 2 rings (SSSR count). The van der Waals surface area contributed by atoms with Crippen molar-refractivity contribution in [1.29, 1.82) is 0 Å². The minimum absolute atomic E-state index is 0.406. The van der Waals surface area contributed by atoms with Crippen LogP contribution in [0, 0.1) is 0 Å². The molecule has 0 spiro atoms. The smallest absolute Gasteiger partial charge is 0.376 e. The molecule has 33 heavy (non-hydrogen) atoms. The molecule has 0 fully saturated rings. The standard InChI is InChI=1S/C22H30IO5PS4/c23-29(24,27-13-17-32-30-15-11-25-19-21-7-3-1-4-8-21)28-14-18-33-31-16-12-26-20-22-9-5-2-6-10-22/h1-10H,11-20H2. The third-order valence-electron chi connectivity index (χ3n) is 3.84. The van der Waals surface area contributed by atoms with Crippen LogP contribution in [0.25, 0.3) is 0 Å². The summed E-state index contributed by atoms with van der Waals surface area (Å²) >= 11 is 1.78. The summed E-state index contributed by atoms with van der Waals surface area (Å²) in [5, 5.41) is -3.02. The Morgan fingerprint density at radius 1 is 0.606 bits per heavy atom. The van der Waals surface area contributed by atoms with Gasteiger partial charge in [-0.1, -0.05) is 104 Å². The van der Waals surface area contributed by atoms with Gasteiger partial charge >= 0.3 is 5.24 Å². The number of halogens is 1. The molecule has 2 aromatic rings. The van der Waals surface area contributed by atoms with E-state index in [9.17, 15) is 4.57 Å². The molecule has 0 saturated carbocycles. The highest BCUT2D eigenvalue weighted by molar-refractivity contribution is 14.2. The molecular formula is C22H30IO5PS4. The average Bonchev–Trinajstić information content (AvgIpc) is 2.83. The lowest BCUT2D eigenvalue weighted by Gasteiger charge is -2.12. The van der Waals surface area contributed by atoms with Gasteiger partial charge in [0.15, 0.2) is 0 Å². The van der Waals surface area contributed by atoms with Gasteiger partial charge in [0.25, 0.3) is 0 Å². The first-order chi connectivity index (χ1) is 16.2. The van der Waals surface area contributed by atoms with Crippen LogP contribution in [0.5, 0.6) is 0 Å². The summed E-state index contributed by atoms with van der Waals surface area (Å²) in [5.74, 6) is 3.32. The van der Waals surface area contributed by atoms with Crippen LogP contribution in [-0.2, 0) is 36.3 Å². The van der Waals surface area contributed by atoms with Crippen LogP contribution in [0.4, 0.5) is 0 Å². The lowest BCUT2D eigenvalue weighted by molar-refractivity contribution is 0.136. The minimum atomic E-state index is -3.02. The molecule has 0 aromatic heterocycles. The number of ether oxygens (including phenoxy) is 2. The third kappa shape index (κ3) is 16.9. The molecule has 0 aliphatic carbocycles. The summed E-state index contributed by atoms with van der Waals surface area (Å²) in [6.07, 6.45) is 0. The highest BCUT2D eigenvalue weighted by atomic mass is 127. The predicted molar refractivity (Wildman–Crippen MR) is 156 cm³/mol. The second-order valence-electron chi connectivity index (χ2n) is 6.46. The van der Waals surface area contributed by atoms with Crippen LogP contribution in [0.15, 0.2) is 60.7 Å². The van der Waals surface area contributed by atoms with Gasteiger partial charge in [-0.05, 0) is 11.1 Å². The van der Waals surface area contributed by atoms with E-state index >= 15 is 0 Å². The Labute approximate surface area is 226 Å². The number of benzene rings is 2. The summed E-state index contributed by atoms with van der Waals surface area (Å²) in [7, 11) is 6.85. The van der Waals surface area contributed by atoms with Crippen LogP contribution in [0.1, 0.15) is 11.1 Å². The van der Waals surface area contributed by atoms with Crippen LogP contribution in [-0.4, -0.2) is 49.4 Å². The molecule has 0 bridgehead atoms. The van der Waals surface area contributed by atoms with E-state index in [-0.39, 0.29) is 0 Å². The maximum atomic E-state index is 12.3. The van der Waals surface area contributed by atoms with Crippen LogP contribution < -0.4 is 0 Å². The molecule has 0 unspecified atom stereocenters. The second-order valence-corrected chi connectivity index (χ2v) is 16.8. The van der Waals surface area contributed by atoms with Crippen molar-refractivity contribution in [2.45, 2.75) is 13.2 Å². The Balaban J connectivity index is 1.33. The van der Waals surface area contributed by atoms with E-state index in [1.807, 2.05) is 36.4 Å². The molecule has 0 radical (unpaired) electrons. The monoisotopic (exact) mass is 660 g/mol. The fourth-order valence-electron chi connectivity index (χ4n) is 2.35. The fraction of sp³-hybridized carbons (Fsp3) is 0.455. The summed E-state index contributed by atoms with van der Waals surface area (Å²) < 4.78 is 34.5.